The molecule has 0 radical (unpaired) electrons. The lowest BCUT2D eigenvalue weighted by Gasteiger charge is -2.20. The molecule has 2 atom stereocenters. The number of methoxy groups -OCH3 is 1. The Kier molecular flexibility index (Phi) is 8.81. The lowest BCUT2D eigenvalue weighted by atomic mass is 9.92. The summed E-state index contributed by atoms with van der Waals surface area (Å²) in [5.41, 5.74) is 2.70. The summed E-state index contributed by atoms with van der Waals surface area (Å²) in [6.45, 7) is 3.64. The maximum absolute atomic E-state index is 13.0. The Bertz CT molecular complexity index is 1170. The predicted molar refractivity (Wildman–Crippen MR) is 137 cm³/mol. The zero-order valence-corrected chi connectivity index (χ0v) is 21.1. The van der Waals surface area contributed by atoms with E-state index in [1.54, 1.807) is 19.5 Å². The molecule has 190 valence electrons. The molecule has 1 saturated heterocycles. The summed E-state index contributed by atoms with van der Waals surface area (Å²) in [4.78, 5) is 40.4. The van der Waals surface area contributed by atoms with E-state index in [0.29, 0.717) is 25.5 Å². The number of rotatable bonds is 12. The second-order valence-corrected chi connectivity index (χ2v) is 9.18. The Morgan fingerprint density at radius 1 is 1.19 bits per heavy atom. The SMILES string of the molecule is CCOC(=O)CC(CCCN1CC[C@H](CCc2ccc3cccnc3n2)C1=O)c1ccc(OC)nc1. The van der Waals surface area contributed by atoms with Gasteiger partial charge in [0.05, 0.1) is 20.1 Å². The summed E-state index contributed by atoms with van der Waals surface area (Å²) < 4.78 is 10.3. The molecule has 0 saturated carbocycles. The van der Waals surface area contributed by atoms with Crippen molar-refractivity contribution in [3.05, 3.63) is 60.0 Å². The third-order valence-corrected chi connectivity index (χ3v) is 6.82. The van der Waals surface area contributed by atoms with Crippen LogP contribution in [-0.4, -0.2) is 58.5 Å². The van der Waals surface area contributed by atoms with Crippen LogP contribution in [0.15, 0.2) is 48.8 Å². The Morgan fingerprint density at radius 2 is 2.08 bits per heavy atom. The van der Waals surface area contributed by atoms with Crippen LogP contribution in [-0.2, 0) is 20.7 Å². The van der Waals surface area contributed by atoms with E-state index in [-0.39, 0.29) is 23.7 Å². The van der Waals surface area contributed by atoms with E-state index in [0.717, 1.165) is 60.9 Å². The van der Waals surface area contributed by atoms with Crippen molar-refractivity contribution in [1.29, 1.82) is 0 Å². The highest BCUT2D eigenvalue weighted by molar-refractivity contribution is 5.81. The van der Waals surface area contributed by atoms with Gasteiger partial charge in [0.2, 0.25) is 11.8 Å². The van der Waals surface area contributed by atoms with Crippen LogP contribution >= 0.6 is 0 Å². The summed E-state index contributed by atoms with van der Waals surface area (Å²) in [5.74, 6) is 0.573. The molecule has 1 fully saturated rings. The summed E-state index contributed by atoms with van der Waals surface area (Å²) in [6, 6.07) is 11.7. The van der Waals surface area contributed by atoms with E-state index < -0.39 is 0 Å². The second kappa shape index (κ2) is 12.4. The van der Waals surface area contributed by atoms with Crippen molar-refractivity contribution < 1.29 is 19.1 Å². The average molecular weight is 491 g/mol. The smallest absolute Gasteiger partial charge is 0.306 e. The third-order valence-electron chi connectivity index (χ3n) is 6.82. The molecular weight excluding hydrogens is 456 g/mol. The zero-order chi connectivity index (χ0) is 25.3. The van der Waals surface area contributed by atoms with Crippen LogP contribution in [0.1, 0.15) is 56.2 Å². The number of nitrogens with zero attached hydrogens (tertiary/aromatic N) is 4. The van der Waals surface area contributed by atoms with Gasteiger partial charge in [-0.05, 0) is 74.8 Å². The number of amides is 1. The molecule has 0 spiro atoms. The molecule has 0 aliphatic carbocycles. The molecule has 1 amide bonds. The summed E-state index contributed by atoms with van der Waals surface area (Å²) in [7, 11) is 1.58. The fourth-order valence-electron chi connectivity index (χ4n) is 4.84. The number of hydrogen-bond donors (Lipinski definition) is 0. The fourth-order valence-corrected chi connectivity index (χ4v) is 4.84. The van der Waals surface area contributed by atoms with E-state index in [9.17, 15) is 9.59 Å². The molecule has 0 bridgehead atoms. The Morgan fingerprint density at radius 3 is 2.86 bits per heavy atom. The Hall–Kier alpha value is -3.55. The van der Waals surface area contributed by atoms with Crippen LogP contribution in [0.25, 0.3) is 11.0 Å². The first-order chi connectivity index (χ1) is 17.6. The van der Waals surface area contributed by atoms with Gasteiger partial charge in [-0.25, -0.2) is 15.0 Å². The standard InChI is InChI=1S/C28H34N4O4/c1-3-36-26(33)18-22(23-10-13-25(35-2)30-19-23)7-5-16-32-17-14-21(28(32)34)9-12-24-11-8-20-6-4-15-29-27(20)31-24/h4,6,8,10-11,13,15,19,21-22H,3,5,7,9,12,14,16-18H2,1-2H3/t21-,22?/m0/s1. The maximum atomic E-state index is 13.0. The molecule has 8 heteroatoms. The van der Waals surface area contributed by atoms with E-state index in [1.807, 2.05) is 48.2 Å². The maximum Gasteiger partial charge on any atom is 0.306 e. The number of aromatic nitrogens is 3. The van der Waals surface area contributed by atoms with E-state index >= 15 is 0 Å². The van der Waals surface area contributed by atoms with Crippen molar-refractivity contribution in [3.8, 4) is 5.88 Å². The Balaban J connectivity index is 1.28. The first-order valence-corrected chi connectivity index (χ1v) is 12.7. The van der Waals surface area contributed by atoms with Crippen molar-refractivity contribution in [1.82, 2.24) is 19.9 Å². The molecule has 3 aromatic rings. The highest BCUT2D eigenvalue weighted by atomic mass is 16.5. The molecule has 0 aromatic carbocycles. The highest BCUT2D eigenvalue weighted by Crippen LogP contribution is 2.28. The molecule has 1 aliphatic heterocycles. The number of pyridine rings is 3. The lowest BCUT2D eigenvalue weighted by molar-refractivity contribution is -0.143. The van der Waals surface area contributed by atoms with Crippen LogP contribution in [0.5, 0.6) is 5.88 Å². The number of carbonyl (C=O) groups is 2. The molecule has 4 heterocycles. The minimum Gasteiger partial charge on any atom is -0.481 e. The number of esters is 1. The van der Waals surface area contributed by atoms with Gasteiger partial charge in [0.1, 0.15) is 0 Å². The predicted octanol–water partition coefficient (Wildman–Crippen LogP) is 4.33. The van der Waals surface area contributed by atoms with Crippen molar-refractivity contribution in [2.24, 2.45) is 5.92 Å². The lowest BCUT2D eigenvalue weighted by Crippen LogP contribution is -2.29. The summed E-state index contributed by atoms with van der Waals surface area (Å²) in [6.07, 6.45) is 7.83. The zero-order valence-electron chi connectivity index (χ0n) is 21.1. The topological polar surface area (TPSA) is 94.5 Å². The molecule has 0 N–H and O–H groups in total. The van der Waals surface area contributed by atoms with Crippen LogP contribution in [0, 0.1) is 5.92 Å². The van der Waals surface area contributed by atoms with Crippen LogP contribution < -0.4 is 4.74 Å². The number of ether oxygens (including phenoxy) is 2. The molecule has 3 aromatic heterocycles. The van der Waals surface area contributed by atoms with E-state index in [2.05, 4.69) is 15.0 Å². The highest BCUT2D eigenvalue weighted by Gasteiger charge is 2.31. The number of carbonyl (C=O) groups excluding carboxylic acids is 2. The van der Waals surface area contributed by atoms with Gasteiger partial charge in [-0.1, -0.05) is 6.07 Å². The van der Waals surface area contributed by atoms with Crippen molar-refractivity contribution in [3.63, 3.8) is 0 Å². The number of fused-ring (bicyclic) bond motifs is 1. The minimum atomic E-state index is -0.215. The molecule has 36 heavy (non-hydrogen) atoms. The first kappa shape index (κ1) is 25.5. The van der Waals surface area contributed by atoms with Crippen LogP contribution in [0.2, 0.25) is 0 Å². The van der Waals surface area contributed by atoms with Gasteiger partial charge in [-0.15, -0.1) is 0 Å². The molecular formula is C28H34N4O4. The Labute approximate surface area is 212 Å². The molecule has 1 unspecified atom stereocenters. The van der Waals surface area contributed by atoms with Crippen LogP contribution in [0.4, 0.5) is 0 Å². The number of hydrogen-bond acceptors (Lipinski definition) is 7. The third kappa shape index (κ3) is 6.56. The van der Waals surface area contributed by atoms with Gasteiger partial charge in [0, 0.05) is 48.5 Å². The van der Waals surface area contributed by atoms with Crippen molar-refractivity contribution in [2.75, 3.05) is 26.8 Å². The summed E-state index contributed by atoms with van der Waals surface area (Å²) in [5, 5.41) is 1.02. The molecule has 1 aliphatic rings. The number of likely N-dealkylation sites (tertiary alicyclic amines) is 1. The first-order valence-electron chi connectivity index (χ1n) is 12.7. The van der Waals surface area contributed by atoms with Gasteiger partial charge < -0.3 is 14.4 Å². The largest absolute Gasteiger partial charge is 0.481 e. The van der Waals surface area contributed by atoms with Gasteiger partial charge in [0.25, 0.3) is 0 Å². The quantitative estimate of drug-likeness (QED) is 0.349. The number of aryl methyl sites for hydroxylation is 1. The van der Waals surface area contributed by atoms with Gasteiger partial charge in [0.15, 0.2) is 5.65 Å². The van der Waals surface area contributed by atoms with Gasteiger partial charge >= 0.3 is 5.97 Å². The molecule has 8 nitrogen and oxygen atoms in total. The van der Waals surface area contributed by atoms with Gasteiger partial charge in [-0.2, -0.15) is 0 Å². The fraction of sp³-hybridized carbons (Fsp3) is 0.464. The molecule has 4 rings (SSSR count). The van der Waals surface area contributed by atoms with Gasteiger partial charge in [-0.3, -0.25) is 9.59 Å². The van der Waals surface area contributed by atoms with E-state index in [4.69, 9.17) is 9.47 Å². The van der Waals surface area contributed by atoms with Crippen LogP contribution in [0.3, 0.4) is 0 Å². The van der Waals surface area contributed by atoms with Crippen molar-refractivity contribution in [2.45, 2.75) is 51.4 Å². The average Bonchev–Trinajstić information content (AvgIpc) is 3.26. The second-order valence-electron chi connectivity index (χ2n) is 9.18. The normalized spacial score (nSPS) is 16.3. The summed E-state index contributed by atoms with van der Waals surface area (Å²) >= 11 is 0. The van der Waals surface area contributed by atoms with E-state index in [1.165, 1.54) is 0 Å². The monoisotopic (exact) mass is 490 g/mol. The minimum absolute atomic E-state index is 0.0106. The van der Waals surface area contributed by atoms with Crippen molar-refractivity contribution >= 4 is 22.9 Å².